The smallest absolute Gasteiger partial charge is 0.222 e. The first kappa shape index (κ1) is 18.8. The number of benzene rings is 1. The van der Waals surface area contributed by atoms with Crippen LogP contribution in [0.4, 0.5) is 8.78 Å². The Bertz CT molecular complexity index is 499. The van der Waals surface area contributed by atoms with E-state index in [-0.39, 0.29) is 18.3 Å². The summed E-state index contributed by atoms with van der Waals surface area (Å²) < 4.78 is 25.9. The zero-order valence-corrected chi connectivity index (χ0v) is 13.6. The van der Waals surface area contributed by atoms with E-state index in [1.807, 2.05) is 11.9 Å². The van der Waals surface area contributed by atoms with Crippen molar-refractivity contribution in [3.8, 4) is 0 Å². The largest absolute Gasteiger partial charge is 0.341 e. The van der Waals surface area contributed by atoms with Crippen LogP contribution in [0.3, 0.4) is 0 Å². The molecule has 1 saturated heterocycles. The molecule has 1 aliphatic heterocycles. The number of rotatable bonds is 5. The summed E-state index contributed by atoms with van der Waals surface area (Å²) in [5.41, 5.74) is 0.730. The van der Waals surface area contributed by atoms with E-state index in [0.29, 0.717) is 25.3 Å². The molecule has 124 valence electrons. The van der Waals surface area contributed by atoms with Crippen LogP contribution in [0.25, 0.3) is 0 Å². The Morgan fingerprint density at radius 2 is 2.14 bits per heavy atom. The van der Waals surface area contributed by atoms with Gasteiger partial charge in [-0.15, -0.1) is 12.4 Å². The predicted molar refractivity (Wildman–Crippen MR) is 85.2 cm³/mol. The number of halogens is 3. The van der Waals surface area contributed by atoms with E-state index < -0.39 is 11.6 Å². The molecule has 3 nitrogen and oxygen atoms in total. The minimum absolute atomic E-state index is 0. The third-order valence-electron chi connectivity index (χ3n) is 4.02. The molecule has 1 aliphatic rings. The molecule has 1 amide bonds. The molecule has 1 fully saturated rings. The lowest BCUT2D eigenvalue weighted by molar-refractivity contribution is -0.132. The Labute approximate surface area is 136 Å². The van der Waals surface area contributed by atoms with Crippen LogP contribution in [0.2, 0.25) is 0 Å². The standard InChI is InChI=1S/C16H22F2N2O.ClH/c1-19-13-5-3-9-20(11-13)16(21)6-2-4-12-7-8-14(17)15(18)10-12;/h7-8,10,13,19H,2-6,9,11H2,1H3;1H. The SMILES string of the molecule is CNC1CCCN(C(=O)CCCc2ccc(F)c(F)c2)C1.Cl. The number of nitrogens with zero attached hydrogens (tertiary/aromatic N) is 1. The molecule has 1 N–H and O–H groups in total. The predicted octanol–water partition coefficient (Wildman–Crippen LogP) is 2.92. The minimum atomic E-state index is -0.832. The Morgan fingerprint density at radius 1 is 1.36 bits per heavy atom. The van der Waals surface area contributed by atoms with Crippen molar-refractivity contribution in [1.82, 2.24) is 10.2 Å². The highest BCUT2D eigenvalue weighted by atomic mass is 35.5. The van der Waals surface area contributed by atoms with E-state index >= 15 is 0 Å². The number of amides is 1. The Morgan fingerprint density at radius 3 is 2.82 bits per heavy atom. The van der Waals surface area contributed by atoms with Gasteiger partial charge in [0.05, 0.1) is 0 Å². The van der Waals surface area contributed by atoms with Crippen LogP contribution in [-0.2, 0) is 11.2 Å². The maximum absolute atomic E-state index is 13.1. The zero-order valence-electron chi connectivity index (χ0n) is 12.8. The van der Waals surface area contributed by atoms with Gasteiger partial charge in [-0.1, -0.05) is 6.07 Å². The first-order valence-electron chi connectivity index (χ1n) is 7.49. The number of hydrogen-bond acceptors (Lipinski definition) is 2. The molecule has 0 saturated carbocycles. The summed E-state index contributed by atoms with van der Waals surface area (Å²) in [6.45, 7) is 1.59. The molecule has 1 aromatic rings. The van der Waals surface area contributed by atoms with Crippen LogP contribution in [0.15, 0.2) is 18.2 Å². The molecule has 22 heavy (non-hydrogen) atoms. The van der Waals surface area contributed by atoms with E-state index in [1.165, 1.54) is 6.07 Å². The van der Waals surface area contributed by atoms with Crippen molar-refractivity contribution in [2.45, 2.75) is 38.1 Å². The monoisotopic (exact) mass is 332 g/mol. The van der Waals surface area contributed by atoms with Crippen LogP contribution < -0.4 is 5.32 Å². The normalized spacial score (nSPS) is 18.0. The Hall–Kier alpha value is -1.20. The van der Waals surface area contributed by atoms with Crippen LogP contribution in [-0.4, -0.2) is 37.0 Å². The van der Waals surface area contributed by atoms with Crippen molar-refractivity contribution in [2.75, 3.05) is 20.1 Å². The van der Waals surface area contributed by atoms with Gasteiger partial charge in [0.25, 0.3) is 0 Å². The lowest BCUT2D eigenvalue weighted by atomic mass is 10.0. The van der Waals surface area contributed by atoms with Gasteiger partial charge in [-0.2, -0.15) is 0 Å². The maximum atomic E-state index is 13.1. The molecular formula is C16H23ClF2N2O. The fourth-order valence-electron chi connectivity index (χ4n) is 2.74. The van der Waals surface area contributed by atoms with Gasteiger partial charge >= 0.3 is 0 Å². The summed E-state index contributed by atoms with van der Waals surface area (Å²) in [7, 11) is 1.92. The minimum Gasteiger partial charge on any atom is -0.341 e. The van der Waals surface area contributed by atoms with Crippen LogP contribution >= 0.6 is 12.4 Å². The maximum Gasteiger partial charge on any atom is 0.222 e. The molecule has 1 heterocycles. The van der Waals surface area contributed by atoms with Gasteiger partial charge in [-0.3, -0.25) is 4.79 Å². The second kappa shape index (κ2) is 9.06. The molecule has 0 bridgehead atoms. The van der Waals surface area contributed by atoms with Crippen LogP contribution in [0.1, 0.15) is 31.2 Å². The highest BCUT2D eigenvalue weighted by molar-refractivity contribution is 5.85. The Balaban J connectivity index is 0.00000242. The third kappa shape index (κ3) is 5.21. The second-order valence-electron chi connectivity index (χ2n) is 5.57. The second-order valence-corrected chi connectivity index (χ2v) is 5.57. The Kier molecular flexibility index (Phi) is 7.76. The topological polar surface area (TPSA) is 32.3 Å². The highest BCUT2D eigenvalue weighted by Crippen LogP contribution is 2.14. The highest BCUT2D eigenvalue weighted by Gasteiger charge is 2.21. The van der Waals surface area contributed by atoms with Gasteiger partial charge in [-0.05, 0) is 50.4 Å². The molecule has 0 aliphatic carbocycles. The molecule has 6 heteroatoms. The fourth-order valence-corrected chi connectivity index (χ4v) is 2.74. The average molecular weight is 333 g/mol. The zero-order chi connectivity index (χ0) is 15.2. The number of piperidine rings is 1. The first-order valence-corrected chi connectivity index (χ1v) is 7.49. The number of nitrogens with one attached hydrogen (secondary N) is 1. The van der Waals surface area contributed by atoms with E-state index in [1.54, 1.807) is 6.07 Å². The van der Waals surface area contributed by atoms with Gasteiger partial charge in [0, 0.05) is 25.6 Å². The van der Waals surface area contributed by atoms with Crippen molar-refractivity contribution in [3.63, 3.8) is 0 Å². The molecule has 1 atom stereocenters. The van der Waals surface area contributed by atoms with Gasteiger partial charge in [0.2, 0.25) is 5.91 Å². The quantitative estimate of drug-likeness (QED) is 0.899. The first-order chi connectivity index (χ1) is 10.1. The number of carbonyl (C=O) groups is 1. The number of likely N-dealkylation sites (N-methyl/N-ethyl adjacent to an activating group) is 1. The van der Waals surface area contributed by atoms with Crippen molar-refractivity contribution in [1.29, 1.82) is 0 Å². The lowest BCUT2D eigenvalue weighted by Gasteiger charge is -2.32. The van der Waals surface area contributed by atoms with Crippen molar-refractivity contribution >= 4 is 18.3 Å². The molecule has 0 spiro atoms. The van der Waals surface area contributed by atoms with Gasteiger partial charge < -0.3 is 10.2 Å². The number of hydrogen-bond donors (Lipinski definition) is 1. The van der Waals surface area contributed by atoms with Crippen molar-refractivity contribution in [2.24, 2.45) is 0 Å². The third-order valence-corrected chi connectivity index (χ3v) is 4.02. The van der Waals surface area contributed by atoms with Gasteiger partial charge in [-0.25, -0.2) is 8.78 Å². The summed E-state index contributed by atoms with van der Waals surface area (Å²) in [6.07, 6.45) is 3.84. The molecule has 2 rings (SSSR count). The van der Waals surface area contributed by atoms with E-state index in [4.69, 9.17) is 0 Å². The van der Waals surface area contributed by atoms with E-state index in [0.717, 1.165) is 37.6 Å². The molecule has 1 unspecified atom stereocenters. The molecule has 0 radical (unpaired) electrons. The van der Waals surface area contributed by atoms with Crippen molar-refractivity contribution < 1.29 is 13.6 Å². The molecular weight excluding hydrogens is 310 g/mol. The number of likely N-dealkylation sites (tertiary alicyclic amines) is 1. The number of carbonyl (C=O) groups excluding carboxylic acids is 1. The van der Waals surface area contributed by atoms with E-state index in [2.05, 4.69) is 5.32 Å². The summed E-state index contributed by atoms with van der Waals surface area (Å²) in [6, 6.07) is 4.29. The van der Waals surface area contributed by atoms with Crippen molar-refractivity contribution in [3.05, 3.63) is 35.4 Å². The summed E-state index contributed by atoms with van der Waals surface area (Å²) in [5.74, 6) is -1.51. The summed E-state index contributed by atoms with van der Waals surface area (Å²) in [4.78, 5) is 14.0. The van der Waals surface area contributed by atoms with Gasteiger partial charge in [0.1, 0.15) is 0 Å². The lowest BCUT2D eigenvalue weighted by Crippen LogP contribution is -2.46. The number of aryl methyl sites for hydroxylation is 1. The van der Waals surface area contributed by atoms with E-state index in [9.17, 15) is 13.6 Å². The fraction of sp³-hybridized carbons (Fsp3) is 0.562. The summed E-state index contributed by atoms with van der Waals surface area (Å²) >= 11 is 0. The average Bonchev–Trinajstić information content (AvgIpc) is 2.50. The molecule has 0 aromatic heterocycles. The van der Waals surface area contributed by atoms with Crippen LogP contribution in [0, 0.1) is 11.6 Å². The molecule has 1 aromatic carbocycles. The van der Waals surface area contributed by atoms with Crippen LogP contribution in [0.5, 0.6) is 0 Å². The van der Waals surface area contributed by atoms with Gasteiger partial charge in [0.15, 0.2) is 11.6 Å². The summed E-state index contributed by atoms with van der Waals surface area (Å²) in [5, 5.41) is 3.21.